The van der Waals surface area contributed by atoms with E-state index in [2.05, 4.69) is 19.1 Å². The van der Waals surface area contributed by atoms with Gasteiger partial charge in [0.15, 0.2) is 0 Å². The van der Waals surface area contributed by atoms with Crippen LogP contribution in [0.15, 0.2) is 30.3 Å². The van der Waals surface area contributed by atoms with E-state index in [1.807, 2.05) is 28.0 Å². The molecule has 1 aromatic rings. The van der Waals surface area contributed by atoms with Crippen molar-refractivity contribution in [3.05, 3.63) is 35.9 Å². The van der Waals surface area contributed by atoms with Crippen molar-refractivity contribution < 1.29 is 9.59 Å². The third kappa shape index (κ3) is 3.92. The average Bonchev–Trinajstić information content (AvgIpc) is 2.94. The molecule has 4 nitrogen and oxygen atoms in total. The summed E-state index contributed by atoms with van der Waals surface area (Å²) < 4.78 is 0. The molecule has 2 unspecified atom stereocenters. The summed E-state index contributed by atoms with van der Waals surface area (Å²) in [4.78, 5) is 28.7. The molecule has 0 aromatic heterocycles. The number of nitrogens with zero attached hydrogens (tertiary/aromatic N) is 2. The number of likely N-dealkylation sites (tertiary alicyclic amines) is 2. The predicted molar refractivity (Wildman–Crippen MR) is 89.8 cm³/mol. The fourth-order valence-electron chi connectivity index (χ4n) is 3.71. The van der Waals surface area contributed by atoms with Crippen molar-refractivity contribution in [3.8, 4) is 0 Å². The van der Waals surface area contributed by atoms with E-state index < -0.39 is 0 Å². The Morgan fingerprint density at radius 3 is 2.74 bits per heavy atom. The van der Waals surface area contributed by atoms with Crippen LogP contribution in [0.25, 0.3) is 0 Å². The van der Waals surface area contributed by atoms with Gasteiger partial charge in [-0.05, 0) is 30.7 Å². The normalized spacial score (nSPS) is 25.0. The van der Waals surface area contributed by atoms with Crippen molar-refractivity contribution in [1.29, 1.82) is 0 Å². The lowest BCUT2D eigenvalue weighted by molar-refractivity contribution is -0.137. The first-order chi connectivity index (χ1) is 11.1. The zero-order valence-electron chi connectivity index (χ0n) is 13.9. The summed E-state index contributed by atoms with van der Waals surface area (Å²) in [6.07, 6.45) is 3.54. The van der Waals surface area contributed by atoms with Crippen LogP contribution in [0.2, 0.25) is 0 Å². The number of carbonyl (C=O) groups is 2. The maximum Gasteiger partial charge on any atom is 0.228 e. The van der Waals surface area contributed by atoms with Crippen LogP contribution < -0.4 is 0 Å². The average molecular weight is 314 g/mol. The first-order valence-electron chi connectivity index (χ1n) is 8.74. The van der Waals surface area contributed by atoms with Crippen molar-refractivity contribution in [2.45, 2.75) is 32.6 Å². The van der Waals surface area contributed by atoms with E-state index in [0.29, 0.717) is 25.4 Å². The van der Waals surface area contributed by atoms with E-state index in [4.69, 9.17) is 0 Å². The molecule has 2 saturated heterocycles. The van der Waals surface area contributed by atoms with Gasteiger partial charge in [-0.3, -0.25) is 9.59 Å². The monoisotopic (exact) mass is 314 g/mol. The van der Waals surface area contributed by atoms with Gasteiger partial charge >= 0.3 is 0 Å². The Labute approximate surface area is 138 Å². The Morgan fingerprint density at radius 1 is 1.22 bits per heavy atom. The Hall–Kier alpha value is -1.84. The Kier molecular flexibility index (Phi) is 4.99. The van der Waals surface area contributed by atoms with E-state index in [1.54, 1.807) is 0 Å². The molecule has 2 aliphatic heterocycles. The Morgan fingerprint density at radius 2 is 2.00 bits per heavy atom. The molecular formula is C19H26N2O2. The first-order valence-corrected chi connectivity index (χ1v) is 8.74. The fraction of sp³-hybridized carbons (Fsp3) is 0.579. The van der Waals surface area contributed by atoms with E-state index in [0.717, 1.165) is 25.9 Å². The topological polar surface area (TPSA) is 40.6 Å². The minimum atomic E-state index is -0.136. The molecule has 2 atom stereocenters. The van der Waals surface area contributed by atoms with Gasteiger partial charge in [0, 0.05) is 32.6 Å². The third-order valence-electron chi connectivity index (χ3n) is 5.05. The second-order valence-electron chi connectivity index (χ2n) is 7.01. The molecule has 0 saturated carbocycles. The van der Waals surface area contributed by atoms with Crippen molar-refractivity contribution >= 4 is 11.8 Å². The third-order valence-corrected chi connectivity index (χ3v) is 5.05. The first kappa shape index (κ1) is 16.0. The largest absolute Gasteiger partial charge is 0.342 e. The van der Waals surface area contributed by atoms with Crippen LogP contribution in [0.3, 0.4) is 0 Å². The molecule has 1 aromatic carbocycles. The molecule has 0 N–H and O–H groups in total. The van der Waals surface area contributed by atoms with Crippen molar-refractivity contribution in [1.82, 2.24) is 9.80 Å². The van der Waals surface area contributed by atoms with E-state index in [-0.39, 0.29) is 17.7 Å². The molecule has 0 bridgehead atoms. The molecule has 2 aliphatic rings. The molecule has 4 heteroatoms. The number of amides is 2. The van der Waals surface area contributed by atoms with Crippen LogP contribution in [0.4, 0.5) is 0 Å². The molecule has 23 heavy (non-hydrogen) atoms. The van der Waals surface area contributed by atoms with Crippen LogP contribution in [0, 0.1) is 11.8 Å². The number of hydrogen-bond donors (Lipinski definition) is 0. The van der Waals surface area contributed by atoms with Crippen LogP contribution in [0.1, 0.15) is 31.7 Å². The number of hydrogen-bond acceptors (Lipinski definition) is 2. The zero-order chi connectivity index (χ0) is 16.2. The van der Waals surface area contributed by atoms with Gasteiger partial charge < -0.3 is 9.80 Å². The molecule has 124 valence electrons. The molecule has 3 rings (SSSR count). The molecule has 0 spiro atoms. The van der Waals surface area contributed by atoms with E-state index in [9.17, 15) is 9.59 Å². The van der Waals surface area contributed by atoms with E-state index >= 15 is 0 Å². The highest BCUT2D eigenvalue weighted by Gasteiger charge is 2.37. The van der Waals surface area contributed by atoms with Crippen LogP contribution in [-0.2, 0) is 16.0 Å². The summed E-state index contributed by atoms with van der Waals surface area (Å²) in [5, 5.41) is 0. The molecule has 0 aliphatic carbocycles. The summed E-state index contributed by atoms with van der Waals surface area (Å²) in [5.41, 5.74) is 1.24. The maximum absolute atomic E-state index is 12.7. The predicted octanol–water partition coefficient (Wildman–Crippen LogP) is 2.34. The Balaban J connectivity index is 1.53. The smallest absolute Gasteiger partial charge is 0.228 e. The molecule has 0 radical (unpaired) electrons. The molecule has 2 heterocycles. The minimum Gasteiger partial charge on any atom is -0.342 e. The van der Waals surface area contributed by atoms with Crippen LogP contribution in [-0.4, -0.2) is 47.8 Å². The second kappa shape index (κ2) is 7.16. The van der Waals surface area contributed by atoms with Gasteiger partial charge in [0.2, 0.25) is 11.8 Å². The SMILES string of the molecule is CC1CCCN(C(=O)C2CC(=O)N(CCc3ccccc3)C2)C1. The van der Waals surface area contributed by atoms with Crippen molar-refractivity contribution in [2.24, 2.45) is 11.8 Å². The lowest BCUT2D eigenvalue weighted by Crippen LogP contribution is -2.43. The van der Waals surface area contributed by atoms with Crippen molar-refractivity contribution in [2.75, 3.05) is 26.2 Å². The van der Waals surface area contributed by atoms with Gasteiger partial charge in [-0.25, -0.2) is 0 Å². The van der Waals surface area contributed by atoms with Gasteiger partial charge in [-0.15, -0.1) is 0 Å². The standard InChI is InChI=1S/C19H26N2O2/c1-15-6-5-10-21(13-15)19(23)17-12-18(22)20(14-17)11-9-16-7-3-2-4-8-16/h2-4,7-8,15,17H,5-6,9-14H2,1H3. The van der Waals surface area contributed by atoms with Crippen LogP contribution >= 0.6 is 0 Å². The van der Waals surface area contributed by atoms with Crippen molar-refractivity contribution in [3.63, 3.8) is 0 Å². The highest BCUT2D eigenvalue weighted by atomic mass is 16.2. The summed E-state index contributed by atoms with van der Waals surface area (Å²) >= 11 is 0. The summed E-state index contributed by atoms with van der Waals surface area (Å²) in [6.45, 7) is 5.22. The second-order valence-corrected chi connectivity index (χ2v) is 7.01. The van der Waals surface area contributed by atoms with Gasteiger partial charge in [0.05, 0.1) is 5.92 Å². The lowest BCUT2D eigenvalue weighted by Gasteiger charge is -2.32. The summed E-state index contributed by atoms with van der Waals surface area (Å²) in [7, 11) is 0. The quantitative estimate of drug-likeness (QED) is 0.856. The number of benzene rings is 1. The van der Waals surface area contributed by atoms with Gasteiger partial charge in [-0.1, -0.05) is 37.3 Å². The van der Waals surface area contributed by atoms with E-state index in [1.165, 1.54) is 12.0 Å². The number of carbonyl (C=O) groups excluding carboxylic acids is 2. The van der Waals surface area contributed by atoms with Gasteiger partial charge in [0.25, 0.3) is 0 Å². The number of rotatable bonds is 4. The summed E-state index contributed by atoms with van der Waals surface area (Å²) in [5.74, 6) is 0.763. The highest BCUT2D eigenvalue weighted by Crippen LogP contribution is 2.24. The zero-order valence-corrected chi connectivity index (χ0v) is 13.9. The highest BCUT2D eigenvalue weighted by molar-refractivity contribution is 5.89. The lowest BCUT2D eigenvalue weighted by atomic mass is 9.98. The van der Waals surface area contributed by atoms with Gasteiger partial charge in [-0.2, -0.15) is 0 Å². The number of piperidine rings is 1. The minimum absolute atomic E-state index is 0.129. The van der Waals surface area contributed by atoms with Crippen LogP contribution in [0.5, 0.6) is 0 Å². The Bertz CT molecular complexity index is 558. The fourth-order valence-corrected chi connectivity index (χ4v) is 3.71. The van der Waals surface area contributed by atoms with Gasteiger partial charge in [0.1, 0.15) is 0 Å². The molecular weight excluding hydrogens is 288 g/mol. The molecule has 2 amide bonds. The summed E-state index contributed by atoms with van der Waals surface area (Å²) in [6, 6.07) is 10.2. The molecule has 2 fully saturated rings. The maximum atomic E-state index is 12.7.